The van der Waals surface area contributed by atoms with Crippen molar-refractivity contribution in [2.75, 3.05) is 0 Å². The van der Waals surface area contributed by atoms with E-state index in [1.165, 1.54) is 6.42 Å². The quantitative estimate of drug-likeness (QED) is 0.627. The zero-order valence-corrected chi connectivity index (χ0v) is 9.51. The summed E-state index contributed by atoms with van der Waals surface area (Å²) >= 11 is 0. The predicted octanol–water partition coefficient (Wildman–Crippen LogP) is 2.65. The van der Waals surface area contributed by atoms with Gasteiger partial charge in [0.05, 0.1) is 4.92 Å². The van der Waals surface area contributed by atoms with Gasteiger partial charge in [-0.3, -0.25) is 10.1 Å². The molecule has 2 rings (SSSR count). The van der Waals surface area contributed by atoms with Crippen LogP contribution in [-0.2, 0) is 0 Å². The van der Waals surface area contributed by atoms with Crippen LogP contribution < -0.4 is 5.32 Å². The second-order valence-electron chi connectivity index (χ2n) is 4.52. The molecule has 86 valence electrons. The summed E-state index contributed by atoms with van der Waals surface area (Å²) in [7, 11) is 0. The van der Waals surface area contributed by atoms with Crippen molar-refractivity contribution in [3.05, 3.63) is 39.9 Å². The Labute approximate surface area is 94.8 Å². The molecule has 4 heteroatoms. The molecule has 1 aromatic carbocycles. The Bertz CT molecular complexity index is 406. The molecule has 3 unspecified atom stereocenters. The number of nitrogens with zero attached hydrogens (tertiary/aromatic N) is 1. The van der Waals surface area contributed by atoms with E-state index >= 15 is 0 Å². The highest BCUT2D eigenvalue weighted by atomic mass is 16.6. The number of nitro benzene ring substituents is 1. The minimum atomic E-state index is -0.316. The van der Waals surface area contributed by atoms with Gasteiger partial charge < -0.3 is 5.32 Å². The molecule has 1 aliphatic rings. The molecular weight excluding hydrogens is 204 g/mol. The molecule has 1 N–H and O–H groups in total. The molecule has 0 spiro atoms. The summed E-state index contributed by atoms with van der Waals surface area (Å²) in [5.41, 5.74) is 0.974. The van der Waals surface area contributed by atoms with E-state index < -0.39 is 0 Å². The molecule has 3 atom stereocenters. The number of hydrogen-bond acceptors (Lipinski definition) is 3. The van der Waals surface area contributed by atoms with Gasteiger partial charge in [-0.25, -0.2) is 0 Å². The Morgan fingerprint density at radius 1 is 1.50 bits per heavy atom. The van der Waals surface area contributed by atoms with E-state index in [1.54, 1.807) is 12.1 Å². The first kappa shape index (κ1) is 11.1. The lowest BCUT2D eigenvalue weighted by Crippen LogP contribution is -2.22. The maximum atomic E-state index is 10.9. The molecule has 1 aromatic rings. The lowest BCUT2D eigenvalue weighted by atomic mass is 10.1. The van der Waals surface area contributed by atoms with Crippen LogP contribution in [0.4, 0.5) is 5.69 Å². The van der Waals surface area contributed by atoms with Crippen molar-refractivity contribution in [3.8, 4) is 0 Å². The molecule has 0 aliphatic heterocycles. The fourth-order valence-corrected chi connectivity index (χ4v) is 1.99. The van der Waals surface area contributed by atoms with Crippen LogP contribution in [0.25, 0.3) is 0 Å². The number of para-hydroxylation sites is 1. The third-order valence-electron chi connectivity index (χ3n) is 3.17. The van der Waals surface area contributed by atoms with Crippen molar-refractivity contribution in [1.82, 2.24) is 5.32 Å². The highest BCUT2D eigenvalue weighted by Crippen LogP contribution is 2.33. The van der Waals surface area contributed by atoms with Gasteiger partial charge in [-0.15, -0.1) is 0 Å². The van der Waals surface area contributed by atoms with Crippen LogP contribution in [0.3, 0.4) is 0 Å². The van der Waals surface area contributed by atoms with E-state index in [0.29, 0.717) is 12.0 Å². The van der Waals surface area contributed by atoms with Crippen LogP contribution in [-0.4, -0.2) is 11.0 Å². The van der Waals surface area contributed by atoms with Gasteiger partial charge in [-0.2, -0.15) is 0 Å². The van der Waals surface area contributed by atoms with Gasteiger partial charge in [0.1, 0.15) is 0 Å². The third kappa shape index (κ3) is 2.22. The molecule has 4 nitrogen and oxygen atoms in total. The first-order valence-corrected chi connectivity index (χ1v) is 5.59. The number of benzene rings is 1. The Morgan fingerprint density at radius 2 is 2.12 bits per heavy atom. The van der Waals surface area contributed by atoms with Crippen molar-refractivity contribution >= 4 is 5.69 Å². The highest BCUT2D eigenvalue weighted by Gasteiger charge is 2.34. The van der Waals surface area contributed by atoms with E-state index in [0.717, 1.165) is 5.56 Å². The van der Waals surface area contributed by atoms with Crippen molar-refractivity contribution < 1.29 is 4.92 Å². The topological polar surface area (TPSA) is 55.2 Å². The van der Waals surface area contributed by atoms with E-state index in [4.69, 9.17) is 0 Å². The fourth-order valence-electron chi connectivity index (χ4n) is 1.99. The standard InChI is InChI=1S/C12H16N2O2/c1-8-7-11(8)13-9(2)10-5-3-4-6-12(10)14(15)16/h3-6,8-9,11,13H,7H2,1-2H3. The second kappa shape index (κ2) is 4.22. The largest absolute Gasteiger partial charge is 0.307 e. The summed E-state index contributed by atoms with van der Waals surface area (Å²) in [6.07, 6.45) is 1.17. The van der Waals surface area contributed by atoms with E-state index in [1.807, 2.05) is 19.1 Å². The van der Waals surface area contributed by atoms with Gasteiger partial charge in [-0.1, -0.05) is 25.1 Å². The van der Waals surface area contributed by atoms with E-state index in [2.05, 4.69) is 12.2 Å². The molecule has 16 heavy (non-hydrogen) atoms. The molecular formula is C12H16N2O2. The molecule has 0 amide bonds. The molecule has 1 fully saturated rings. The Hall–Kier alpha value is -1.42. The first-order valence-electron chi connectivity index (χ1n) is 5.59. The van der Waals surface area contributed by atoms with Crippen molar-refractivity contribution in [1.29, 1.82) is 0 Å². The highest BCUT2D eigenvalue weighted by molar-refractivity contribution is 5.41. The average molecular weight is 220 g/mol. The molecule has 0 radical (unpaired) electrons. The van der Waals surface area contributed by atoms with Crippen LogP contribution in [0.1, 0.15) is 31.9 Å². The minimum absolute atomic E-state index is 0.0385. The average Bonchev–Trinajstić information content (AvgIpc) is 2.94. The Morgan fingerprint density at radius 3 is 2.69 bits per heavy atom. The maximum absolute atomic E-state index is 10.9. The van der Waals surface area contributed by atoms with Gasteiger partial charge in [-0.05, 0) is 19.3 Å². The smallest absolute Gasteiger partial charge is 0.274 e. The summed E-state index contributed by atoms with van der Waals surface area (Å²) in [5, 5.41) is 14.3. The van der Waals surface area contributed by atoms with Crippen LogP contribution in [0.15, 0.2) is 24.3 Å². The molecule has 0 aromatic heterocycles. The molecule has 0 bridgehead atoms. The SMILES string of the molecule is CC(NC1CC1C)c1ccccc1[N+](=O)[O-]. The number of nitro groups is 1. The fraction of sp³-hybridized carbons (Fsp3) is 0.500. The van der Waals surface area contributed by atoms with Crippen molar-refractivity contribution in [2.45, 2.75) is 32.4 Å². The van der Waals surface area contributed by atoms with Crippen molar-refractivity contribution in [2.24, 2.45) is 5.92 Å². The van der Waals surface area contributed by atoms with Crippen molar-refractivity contribution in [3.63, 3.8) is 0 Å². The van der Waals surface area contributed by atoms with Gasteiger partial charge in [0.15, 0.2) is 0 Å². The first-order chi connectivity index (χ1) is 7.59. The van der Waals surface area contributed by atoms with Gasteiger partial charge >= 0.3 is 0 Å². The molecule has 0 saturated heterocycles. The normalized spacial score (nSPS) is 25.1. The van der Waals surface area contributed by atoms with Gasteiger partial charge in [0, 0.05) is 23.7 Å². The summed E-state index contributed by atoms with van der Waals surface area (Å²) < 4.78 is 0. The van der Waals surface area contributed by atoms with Gasteiger partial charge in [0.2, 0.25) is 0 Å². The number of nitrogens with one attached hydrogen (secondary N) is 1. The Kier molecular flexibility index (Phi) is 2.92. The van der Waals surface area contributed by atoms with Crippen LogP contribution in [0, 0.1) is 16.0 Å². The molecule has 1 aliphatic carbocycles. The van der Waals surface area contributed by atoms with Crippen LogP contribution in [0.2, 0.25) is 0 Å². The third-order valence-corrected chi connectivity index (χ3v) is 3.17. The monoisotopic (exact) mass is 220 g/mol. The summed E-state index contributed by atoms with van der Waals surface area (Å²) in [6.45, 7) is 4.16. The minimum Gasteiger partial charge on any atom is -0.307 e. The van der Waals surface area contributed by atoms with E-state index in [9.17, 15) is 10.1 Å². The summed E-state index contributed by atoms with van der Waals surface area (Å²) in [4.78, 5) is 10.6. The Balaban J connectivity index is 2.15. The van der Waals surface area contributed by atoms with Crippen LogP contribution >= 0.6 is 0 Å². The van der Waals surface area contributed by atoms with Crippen LogP contribution in [0.5, 0.6) is 0 Å². The summed E-state index contributed by atoms with van der Waals surface area (Å²) in [6, 6.07) is 7.49. The number of hydrogen-bond donors (Lipinski definition) is 1. The second-order valence-corrected chi connectivity index (χ2v) is 4.52. The predicted molar refractivity (Wildman–Crippen MR) is 62.2 cm³/mol. The lowest BCUT2D eigenvalue weighted by Gasteiger charge is -2.13. The molecule has 1 saturated carbocycles. The zero-order valence-electron chi connectivity index (χ0n) is 9.51. The van der Waals surface area contributed by atoms with Gasteiger partial charge in [0.25, 0.3) is 5.69 Å². The molecule has 0 heterocycles. The lowest BCUT2D eigenvalue weighted by molar-refractivity contribution is -0.385. The number of rotatable bonds is 4. The maximum Gasteiger partial charge on any atom is 0.274 e. The summed E-state index contributed by atoms with van der Waals surface area (Å²) in [5.74, 6) is 0.699. The van der Waals surface area contributed by atoms with E-state index in [-0.39, 0.29) is 16.7 Å². The zero-order chi connectivity index (χ0) is 11.7.